The first-order chi connectivity index (χ1) is 8.25. The van der Waals surface area contributed by atoms with Gasteiger partial charge in [0.05, 0.1) is 0 Å². The van der Waals surface area contributed by atoms with E-state index in [1.807, 2.05) is 0 Å². The molecule has 17 heavy (non-hydrogen) atoms. The van der Waals surface area contributed by atoms with Crippen LogP contribution in [0.5, 0.6) is 0 Å². The van der Waals surface area contributed by atoms with Gasteiger partial charge in [0.1, 0.15) is 0 Å². The molecule has 1 aromatic rings. The van der Waals surface area contributed by atoms with Gasteiger partial charge in [-0.1, -0.05) is 17.7 Å². The maximum Gasteiger partial charge on any atom is 0.251 e. The van der Waals surface area contributed by atoms with E-state index in [1.165, 1.54) is 12.8 Å². The quantitative estimate of drug-likeness (QED) is 0.863. The summed E-state index contributed by atoms with van der Waals surface area (Å²) in [5.41, 5.74) is 0.622. The van der Waals surface area contributed by atoms with Crippen molar-refractivity contribution in [2.24, 2.45) is 0 Å². The molecule has 3 nitrogen and oxygen atoms in total. The molecule has 1 amide bonds. The van der Waals surface area contributed by atoms with Crippen LogP contribution in [0.4, 0.5) is 0 Å². The third-order valence-electron chi connectivity index (χ3n) is 3.03. The van der Waals surface area contributed by atoms with Gasteiger partial charge in [-0.05, 0) is 44.0 Å². The third-order valence-corrected chi connectivity index (χ3v) is 3.26. The molecule has 4 heteroatoms. The summed E-state index contributed by atoms with van der Waals surface area (Å²) in [4.78, 5) is 11.8. The lowest BCUT2D eigenvalue weighted by molar-refractivity contribution is 0.0952. The number of hydrogen-bond donors (Lipinski definition) is 2. The van der Waals surface area contributed by atoms with Gasteiger partial charge in [0, 0.05) is 23.2 Å². The van der Waals surface area contributed by atoms with Crippen LogP contribution < -0.4 is 10.6 Å². The second-order valence-electron chi connectivity index (χ2n) is 4.35. The smallest absolute Gasteiger partial charge is 0.251 e. The van der Waals surface area contributed by atoms with Gasteiger partial charge in [-0.3, -0.25) is 4.79 Å². The number of hydrogen-bond acceptors (Lipinski definition) is 2. The molecule has 0 spiro atoms. The molecule has 1 aromatic carbocycles. The van der Waals surface area contributed by atoms with Crippen LogP contribution in [0.25, 0.3) is 0 Å². The molecule has 0 saturated carbocycles. The Balaban J connectivity index is 1.77. The van der Waals surface area contributed by atoms with E-state index in [4.69, 9.17) is 11.6 Å². The van der Waals surface area contributed by atoms with E-state index in [2.05, 4.69) is 10.6 Å². The van der Waals surface area contributed by atoms with E-state index >= 15 is 0 Å². The number of amides is 1. The number of halogens is 1. The Morgan fingerprint density at radius 1 is 1.53 bits per heavy atom. The molecule has 0 bridgehead atoms. The summed E-state index contributed by atoms with van der Waals surface area (Å²) in [6, 6.07) is 7.57. The lowest BCUT2D eigenvalue weighted by Gasteiger charge is -2.10. The second kappa shape index (κ2) is 6.03. The van der Waals surface area contributed by atoms with E-state index in [1.54, 1.807) is 24.3 Å². The molecule has 1 fully saturated rings. The minimum atomic E-state index is -0.0505. The average molecular weight is 253 g/mol. The predicted molar refractivity (Wildman–Crippen MR) is 69.4 cm³/mol. The fourth-order valence-electron chi connectivity index (χ4n) is 2.09. The van der Waals surface area contributed by atoms with Crippen molar-refractivity contribution in [2.75, 3.05) is 13.1 Å². The fourth-order valence-corrected chi connectivity index (χ4v) is 2.29. The lowest BCUT2D eigenvalue weighted by Crippen LogP contribution is -2.30. The molecule has 0 aliphatic carbocycles. The van der Waals surface area contributed by atoms with Crippen molar-refractivity contribution in [3.05, 3.63) is 34.9 Å². The normalized spacial score (nSPS) is 19.2. The first-order valence-corrected chi connectivity index (χ1v) is 6.40. The van der Waals surface area contributed by atoms with Gasteiger partial charge < -0.3 is 10.6 Å². The summed E-state index contributed by atoms with van der Waals surface area (Å²) in [7, 11) is 0. The van der Waals surface area contributed by atoms with Gasteiger partial charge in [-0.15, -0.1) is 0 Å². The summed E-state index contributed by atoms with van der Waals surface area (Å²) in [6.07, 6.45) is 3.45. The summed E-state index contributed by atoms with van der Waals surface area (Å²) >= 11 is 5.84. The van der Waals surface area contributed by atoms with Crippen molar-refractivity contribution in [3.8, 4) is 0 Å². The van der Waals surface area contributed by atoms with Crippen molar-refractivity contribution < 1.29 is 4.79 Å². The molecular formula is C13H17ClN2O. The maximum absolute atomic E-state index is 11.8. The molecule has 0 aromatic heterocycles. The molecule has 2 N–H and O–H groups in total. The Hall–Kier alpha value is -1.06. The van der Waals surface area contributed by atoms with Crippen LogP contribution in [-0.2, 0) is 0 Å². The fraction of sp³-hybridized carbons (Fsp3) is 0.462. The molecule has 92 valence electrons. The summed E-state index contributed by atoms with van der Waals surface area (Å²) in [5, 5.41) is 6.91. The molecule has 1 aliphatic rings. The summed E-state index contributed by atoms with van der Waals surface area (Å²) < 4.78 is 0. The number of carbonyl (C=O) groups excluding carboxylic acids is 1. The van der Waals surface area contributed by atoms with E-state index in [0.717, 1.165) is 13.0 Å². The molecular weight excluding hydrogens is 236 g/mol. The van der Waals surface area contributed by atoms with Crippen LogP contribution in [-0.4, -0.2) is 25.0 Å². The van der Waals surface area contributed by atoms with Crippen molar-refractivity contribution in [2.45, 2.75) is 25.3 Å². The Labute approximate surface area is 107 Å². The zero-order valence-electron chi connectivity index (χ0n) is 9.71. The van der Waals surface area contributed by atoms with Crippen molar-refractivity contribution in [3.63, 3.8) is 0 Å². The van der Waals surface area contributed by atoms with Crippen LogP contribution in [0, 0.1) is 0 Å². The number of benzene rings is 1. The second-order valence-corrected chi connectivity index (χ2v) is 4.78. The van der Waals surface area contributed by atoms with Crippen molar-refractivity contribution >= 4 is 17.5 Å². The summed E-state index contributed by atoms with van der Waals surface area (Å²) in [5.74, 6) is -0.0505. The van der Waals surface area contributed by atoms with Gasteiger partial charge in [0.2, 0.25) is 0 Å². The van der Waals surface area contributed by atoms with Gasteiger partial charge in [0.15, 0.2) is 0 Å². The predicted octanol–water partition coefficient (Wildman–Crippen LogP) is 2.21. The molecule has 2 rings (SSSR count). The van der Waals surface area contributed by atoms with Crippen molar-refractivity contribution in [1.29, 1.82) is 0 Å². The molecule has 0 radical (unpaired) electrons. The highest BCUT2D eigenvalue weighted by Gasteiger charge is 2.13. The first-order valence-electron chi connectivity index (χ1n) is 6.03. The first kappa shape index (κ1) is 12.4. The topological polar surface area (TPSA) is 41.1 Å². The van der Waals surface area contributed by atoms with Crippen LogP contribution in [0.1, 0.15) is 29.6 Å². The van der Waals surface area contributed by atoms with Crippen LogP contribution >= 0.6 is 11.6 Å². The summed E-state index contributed by atoms with van der Waals surface area (Å²) in [6.45, 7) is 1.82. The number of rotatable bonds is 4. The largest absolute Gasteiger partial charge is 0.352 e. The maximum atomic E-state index is 11.8. The number of carbonyl (C=O) groups is 1. The lowest BCUT2D eigenvalue weighted by atomic mass is 10.1. The van der Waals surface area contributed by atoms with Gasteiger partial charge in [0.25, 0.3) is 5.91 Å². The zero-order chi connectivity index (χ0) is 12.1. The zero-order valence-corrected chi connectivity index (χ0v) is 10.5. The molecule has 1 unspecified atom stereocenters. The Morgan fingerprint density at radius 3 is 3.12 bits per heavy atom. The van der Waals surface area contributed by atoms with Crippen LogP contribution in [0.3, 0.4) is 0 Å². The van der Waals surface area contributed by atoms with E-state index < -0.39 is 0 Å². The van der Waals surface area contributed by atoms with Crippen molar-refractivity contribution in [1.82, 2.24) is 10.6 Å². The van der Waals surface area contributed by atoms with Gasteiger partial charge in [-0.25, -0.2) is 0 Å². The van der Waals surface area contributed by atoms with E-state index in [-0.39, 0.29) is 5.91 Å². The third kappa shape index (κ3) is 3.72. The van der Waals surface area contributed by atoms with Crippen LogP contribution in [0.2, 0.25) is 5.02 Å². The molecule has 1 heterocycles. The van der Waals surface area contributed by atoms with Gasteiger partial charge >= 0.3 is 0 Å². The molecule has 1 atom stereocenters. The number of nitrogens with one attached hydrogen (secondary N) is 2. The average Bonchev–Trinajstić information content (AvgIpc) is 2.82. The highest BCUT2D eigenvalue weighted by molar-refractivity contribution is 6.30. The minimum absolute atomic E-state index is 0.0505. The highest BCUT2D eigenvalue weighted by Crippen LogP contribution is 2.11. The van der Waals surface area contributed by atoms with Crippen LogP contribution in [0.15, 0.2) is 24.3 Å². The monoisotopic (exact) mass is 252 g/mol. The van der Waals surface area contributed by atoms with E-state index in [0.29, 0.717) is 23.2 Å². The SMILES string of the molecule is O=C(NCCC1CCCN1)c1cccc(Cl)c1. The highest BCUT2D eigenvalue weighted by atomic mass is 35.5. The van der Waals surface area contributed by atoms with Gasteiger partial charge in [-0.2, -0.15) is 0 Å². The Morgan fingerprint density at radius 2 is 2.41 bits per heavy atom. The minimum Gasteiger partial charge on any atom is -0.352 e. The Bertz CT molecular complexity index is 389. The molecule has 1 aliphatic heterocycles. The standard InChI is InChI=1S/C13H17ClN2O/c14-11-4-1-3-10(9-11)13(17)16-8-6-12-5-2-7-15-12/h1,3-4,9,12,15H,2,5-8H2,(H,16,17). The Kier molecular flexibility index (Phi) is 4.40. The van der Waals surface area contributed by atoms with E-state index in [9.17, 15) is 4.79 Å². The molecule has 1 saturated heterocycles.